The van der Waals surface area contributed by atoms with Crippen LogP contribution in [0.1, 0.15) is 18.1 Å². The van der Waals surface area contributed by atoms with Gasteiger partial charge in [0.25, 0.3) is 0 Å². The third-order valence-corrected chi connectivity index (χ3v) is 3.76. The number of nitrogens with zero attached hydrogens (tertiary/aromatic N) is 2. The van der Waals surface area contributed by atoms with E-state index in [0.717, 1.165) is 18.0 Å². The highest BCUT2D eigenvalue weighted by Crippen LogP contribution is 2.19. The molecule has 0 fully saturated rings. The maximum absolute atomic E-state index is 5.56. The minimum absolute atomic E-state index is 0.497. The molecule has 0 amide bonds. The van der Waals surface area contributed by atoms with E-state index in [4.69, 9.17) is 5.73 Å². The first-order valence-electron chi connectivity index (χ1n) is 5.97. The van der Waals surface area contributed by atoms with Crippen molar-refractivity contribution in [3.8, 4) is 0 Å². The van der Waals surface area contributed by atoms with Gasteiger partial charge in [0.05, 0.1) is 0 Å². The Bertz CT molecular complexity index is 355. The lowest BCUT2D eigenvalue weighted by molar-refractivity contribution is 0.749. The van der Waals surface area contributed by atoms with Gasteiger partial charge in [0.2, 0.25) is 0 Å². The summed E-state index contributed by atoms with van der Waals surface area (Å²) in [5.41, 5.74) is 8.01. The zero-order valence-corrected chi connectivity index (χ0v) is 12.0. The Morgan fingerprint density at radius 2 is 2.24 bits per heavy atom. The maximum atomic E-state index is 5.56. The molecule has 4 heteroatoms. The van der Waals surface area contributed by atoms with Crippen LogP contribution in [0.15, 0.2) is 12.3 Å². The summed E-state index contributed by atoms with van der Waals surface area (Å²) in [6.45, 7) is 5.02. The van der Waals surface area contributed by atoms with Gasteiger partial charge in [-0.05, 0) is 44.2 Å². The van der Waals surface area contributed by atoms with Crippen LogP contribution in [0.4, 0.5) is 5.82 Å². The van der Waals surface area contributed by atoms with Crippen molar-refractivity contribution in [3.05, 3.63) is 23.4 Å². The van der Waals surface area contributed by atoms with Crippen LogP contribution in [0.25, 0.3) is 0 Å². The van der Waals surface area contributed by atoms with Gasteiger partial charge < -0.3 is 10.6 Å². The Labute approximate surface area is 109 Å². The molecule has 1 rings (SSSR count). The maximum Gasteiger partial charge on any atom is 0.131 e. The third kappa shape index (κ3) is 3.89. The van der Waals surface area contributed by atoms with Gasteiger partial charge in [0.1, 0.15) is 5.82 Å². The van der Waals surface area contributed by atoms with E-state index in [1.807, 2.05) is 18.0 Å². The molecule has 0 bridgehead atoms. The number of pyridine rings is 1. The van der Waals surface area contributed by atoms with Crippen molar-refractivity contribution in [2.75, 3.05) is 30.5 Å². The Kier molecular flexibility index (Phi) is 5.78. The van der Waals surface area contributed by atoms with E-state index in [1.165, 1.54) is 11.1 Å². The van der Waals surface area contributed by atoms with E-state index in [1.54, 1.807) is 0 Å². The van der Waals surface area contributed by atoms with Crippen LogP contribution in [0.2, 0.25) is 0 Å². The van der Waals surface area contributed by atoms with Gasteiger partial charge in [-0.15, -0.1) is 0 Å². The first-order chi connectivity index (χ1) is 8.10. The fraction of sp³-hybridized carbons (Fsp3) is 0.615. The van der Waals surface area contributed by atoms with Gasteiger partial charge in [-0.2, -0.15) is 11.8 Å². The second-order valence-electron chi connectivity index (χ2n) is 4.44. The summed E-state index contributed by atoms with van der Waals surface area (Å²) in [5, 5.41) is 0. The van der Waals surface area contributed by atoms with E-state index >= 15 is 0 Å². The summed E-state index contributed by atoms with van der Waals surface area (Å²) >= 11 is 1.86. The summed E-state index contributed by atoms with van der Waals surface area (Å²) < 4.78 is 0. The fourth-order valence-electron chi connectivity index (χ4n) is 1.86. The molecular weight excluding hydrogens is 230 g/mol. The molecule has 1 atom stereocenters. The zero-order valence-electron chi connectivity index (χ0n) is 11.2. The quantitative estimate of drug-likeness (QED) is 0.843. The van der Waals surface area contributed by atoms with Crippen LogP contribution < -0.4 is 10.6 Å². The minimum atomic E-state index is 0.497. The van der Waals surface area contributed by atoms with E-state index in [2.05, 4.69) is 43.1 Å². The number of nitrogens with two attached hydrogens (primary N) is 1. The fourth-order valence-corrected chi connectivity index (χ4v) is 2.57. The Balaban J connectivity index is 2.83. The molecule has 0 aromatic carbocycles. The zero-order chi connectivity index (χ0) is 12.8. The predicted molar refractivity (Wildman–Crippen MR) is 78.0 cm³/mol. The molecule has 1 aromatic heterocycles. The van der Waals surface area contributed by atoms with Gasteiger partial charge in [0, 0.05) is 25.0 Å². The van der Waals surface area contributed by atoms with Crippen LogP contribution in [0, 0.1) is 6.92 Å². The van der Waals surface area contributed by atoms with Crippen molar-refractivity contribution >= 4 is 17.6 Å². The van der Waals surface area contributed by atoms with Gasteiger partial charge >= 0.3 is 0 Å². The van der Waals surface area contributed by atoms with Crippen molar-refractivity contribution in [3.63, 3.8) is 0 Å². The largest absolute Gasteiger partial charge is 0.356 e. The van der Waals surface area contributed by atoms with Gasteiger partial charge in [0.15, 0.2) is 0 Å². The first-order valence-corrected chi connectivity index (χ1v) is 7.37. The number of thioether (sulfide) groups is 1. The van der Waals surface area contributed by atoms with Crippen molar-refractivity contribution in [1.29, 1.82) is 0 Å². The molecule has 3 nitrogen and oxygen atoms in total. The number of hydrogen-bond acceptors (Lipinski definition) is 4. The monoisotopic (exact) mass is 253 g/mol. The second-order valence-corrected chi connectivity index (χ2v) is 5.35. The Hall–Kier alpha value is -0.740. The molecule has 0 aliphatic carbocycles. The number of rotatable bonds is 6. The second kappa shape index (κ2) is 6.87. The van der Waals surface area contributed by atoms with Crippen LogP contribution in [0.5, 0.6) is 0 Å². The molecule has 0 aliphatic rings. The van der Waals surface area contributed by atoms with E-state index in [-0.39, 0.29) is 0 Å². The van der Waals surface area contributed by atoms with Crippen LogP contribution >= 0.6 is 11.8 Å². The summed E-state index contributed by atoms with van der Waals surface area (Å²) in [6, 6.07) is 2.69. The molecule has 0 saturated carbocycles. The molecule has 0 radical (unpaired) electrons. The SMILES string of the molecule is CSCC(C)N(C)c1ncc(CCN)cc1C. The molecule has 0 spiro atoms. The third-order valence-electron chi connectivity index (χ3n) is 2.94. The van der Waals surface area contributed by atoms with Gasteiger partial charge in [-0.3, -0.25) is 0 Å². The average Bonchev–Trinajstić information content (AvgIpc) is 2.29. The minimum Gasteiger partial charge on any atom is -0.356 e. The van der Waals surface area contributed by atoms with Crippen molar-refractivity contribution in [2.45, 2.75) is 26.3 Å². The van der Waals surface area contributed by atoms with Gasteiger partial charge in [-0.1, -0.05) is 6.07 Å². The molecule has 1 heterocycles. The molecule has 0 saturated heterocycles. The smallest absolute Gasteiger partial charge is 0.131 e. The van der Waals surface area contributed by atoms with Crippen molar-refractivity contribution in [1.82, 2.24) is 4.98 Å². The van der Waals surface area contributed by atoms with Crippen molar-refractivity contribution in [2.24, 2.45) is 5.73 Å². The van der Waals surface area contributed by atoms with Gasteiger partial charge in [-0.25, -0.2) is 4.98 Å². The topological polar surface area (TPSA) is 42.2 Å². The highest BCUT2D eigenvalue weighted by atomic mass is 32.2. The summed E-state index contributed by atoms with van der Waals surface area (Å²) in [4.78, 5) is 6.81. The number of aryl methyl sites for hydroxylation is 1. The highest BCUT2D eigenvalue weighted by molar-refractivity contribution is 7.98. The average molecular weight is 253 g/mol. The summed E-state index contributed by atoms with van der Waals surface area (Å²) in [5.74, 6) is 2.19. The lowest BCUT2D eigenvalue weighted by Gasteiger charge is -2.27. The normalized spacial score (nSPS) is 12.5. The Morgan fingerprint density at radius 1 is 1.53 bits per heavy atom. The van der Waals surface area contributed by atoms with Crippen LogP contribution in [0.3, 0.4) is 0 Å². The van der Waals surface area contributed by atoms with E-state index in [0.29, 0.717) is 12.6 Å². The van der Waals surface area contributed by atoms with E-state index < -0.39 is 0 Å². The van der Waals surface area contributed by atoms with Crippen LogP contribution in [-0.2, 0) is 6.42 Å². The standard InChI is InChI=1S/C13H23N3S/c1-10-7-12(5-6-14)8-15-13(10)16(3)11(2)9-17-4/h7-8,11H,5-6,9,14H2,1-4H3. The predicted octanol–water partition coefficient (Wildman–Crippen LogP) is 2.08. The van der Waals surface area contributed by atoms with Crippen LogP contribution in [-0.4, -0.2) is 36.6 Å². The van der Waals surface area contributed by atoms with Crippen molar-refractivity contribution < 1.29 is 0 Å². The molecule has 17 heavy (non-hydrogen) atoms. The number of aromatic nitrogens is 1. The highest BCUT2D eigenvalue weighted by Gasteiger charge is 2.13. The Morgan fingerprint density at radius 3 is 2.76 bits per heavy atom. The summed E-state index contributed by atoms with van der Waals surface area (Å²) in [6.07, 6.45) is 4.98. The number of anilines is 1. The lowest BCUT2D eigenvalue weighted by Crippen LogP contribution is -2.32. The molecule has 1 aromatic rings. The number of hydrogen-bond donors (Lipinski definition) is 1. The summed E-state index contributed by atoms with van der Waals surface area (Å²) in [7, 11) is 2.11. The van der Waals surface area contributed by atoms with E-state index in [9.17, 15) is 0 Å². The lowest BCUT2D eigenvalue weighted by atomic mass is 10.1. The first kappa shape index (κ1) is 14.3. The molecule has 1 unspecified atom stereocenters. The molecule has 0 aliphatic heterocycles. The molecular formula is C13H23N3S. The molecule has 96 valence electrons. The molecule has 2 N–H and O–H groups in total.